The highest BCUT2D eigenvalue weighted by atomic mass is 127. The van der Waals surface area contributed by atoms with E-state index in [1.54, 1.807) is 42.5 Å². The Kier molecular flexibility index (Phi) is 6.56. The van der Waals surface area contributed by atoms with E-state index in [2.05, 4.69) is 37.7 Å². The van der Waals surface area contributed by atoms with Crippen LogP contribution in [0, 0.1) is 13.7 Å². The van der Waals surface area contributed by atoms with E-state index < -0.39 is 16.9 Å². The van der Waals surface area contributed by atoms with Crippen LogP contribution in [0.5, 0.6) is 0 Å². The maximum absolute atomic E-state index is 12.7. The van der Waals surface area contributed by atoms with Gasteiger partial charge in [0, 0.05) is 31.9 Å². The smallest absolute Gasteiger partial charge is 0.347 e. The maximum Gasteiger partial charge on any atom is 0.347 e. The highest BCUT2D eigenvalue weighted by molar-refractivity contribution is 14.1. The van der Waals surface area contributed by atoms with Gasteiger partial charge in [-0.15, -0.1) is 0 Å². The average Bonchev–Trinajstić information content (AvgIpc) is 3.38. The number of hydrazone groups is 1. The molecule has 4 rings (SSSR count). The molecule has 3 amide bonds. The van der Waals surface area contributed by atoms with E-state index in [-0.39, 0.29) is 18.8 Å². The van der Waals surface area contributed by atoms with Crippen LogP contribution in [0.4, 0.5) is 16.2 Å². The number of amides is 3. The van der Waals surface area contributed by atoms with E-state index >= 15 is 0 Å². The predicted octanol–water partition coefficient (Wildman–Crippen LogP) is 5.20. The van der Waals surface area contributed by atoms with Crippen molar-refractivity contribution >= 4 is 52.1 Å². The molecule has 0 saturated carbocycles. The molecule has 3 aromatic rings. The summed E-state index contributed by atoms with van der Waals surface area (Å²) in [6.07, 6.45) is 1.31. The van der Waals surface area contributed by atoms with Crippen molar-refractivity contribution in [1.82, 2.24) is 9.91 Å². The predicted molar refractivity (Wildman–Crippen MR) is 129 cm³/mol. The van der Waals surface area contributed by atoms with E-state index in [1.807, 2.05) is 0 Å². The van der Waals surface area contributed by atoms with Crippen molar-refractivity contribution in [3.8, 4) is 11.3 Å². The van der Waals surface area contributed by atoms with Crippen molar-refractivity contribution in [2.45, 2.75) is 6.54 Å². The number of urea groups is 1. The Morgan fingerprint density at radius 1 is 1.18 bits per heavy atom. The number of non-ortho nitro benzene ring substituents is 1. The topological polar surface area (TPSA) is 158 Å². The number of carbonyl (C=O) groups is 2. The number of nitro benzene ring substituents is 1. The van der Waals surface area contributed by atoms with E-state index in [4.69, 9.17) is 9.95 Å². The van der Waals surface area contributed by atoms with Crippen molar-refractivity contribution in [2.75, 3.05) is 6.54 Å². The third kappa shape index (κ3) is 5.05. The van der Waals surface area contributed by atoms with Crippen LogP contribution < -0.4 is 0 Å². The fourth-order valence-corrected chi connectivity index (χ4v) is 3.96. The van der Waals surface area contributed by atoms with Crippen LogP contribution >= 0.6 is 22.6 Å². The fraction of sp³-hybridized carbons (Fsp3) is 0.0952. The second kappa shape index (κ2) is 9.72. The second-order valence-corrected chi connectivity index (χ2v) is 8.32. The van der Waals surface area contributed by atoms with Gasteiger partial charge in [-0.25, -0.2) is 9.80 Å². The van der Waals surface area contributed by atoms with Gasteiger partial charge in [-0.05, 0) is 76.2 Å². The van der Waals surface area contributed by atoms with Gasteiger partial charge in [0.25, 0.3) is 11.6 Å². The lowest BCUT2D eigenvalue weighted by Gasteiger charge is -2.14. The van der Waals surface area contributed by atoms with Crippen LogP contribution in [0.3, 0.4) is 0 Å². The Hall–Kier alpha value is -4.23. The molecule has 0 aliphatic carbocycles. The summed E-state index contributed by atoms with van der Waals surface area (Å²) < 4.78 is 6.47. The number of carbonyl (C=O) groups excluding carboxylic acids is 2. The molecule has 0 unspecified atom stereocenters. The Bertz CT molecular complexity index is 1360. The molecule has 1 aromatic heterocycles. The minimum absolute atomic E-state index is 0.0134. The summed E-state index contributed by atoms with van der Waals surface area (Å²) in [6.45, 7) is -0.210. The molecule has 0 radical (unpaired) electrons. The molecule has 12 nitrogen and oxygen atoms in total. The molecular weight excluding hydrogens is 557 g/mol. The summed E-state index contributed by atoms with van der Waals surface area (Å²) in [4.78, 5) is 39.2. The fourth-order valence-electron chi connectivity index (χ4n) is 3.24. The van der Waals surface area contributed by atoms with Crippen molar-refractivity contribution in [3.05, 3.63) is 90.0 Å². The Labute approximate surface area is 205 Å². The third-order valence-electron chi connectivity index (χ3n) is 4.79. The normalized spacial score (nSPS) is 13.6. The zero-order chi connectivity index (χ0) is 24.2. The van der Waals surface area contributed by atoms with Gasteiger partial charge in [0.1, 0.15) is 18.1 Å². The van der Waals surface area contributed by atoms with Crippen molar-refractivity contribution < 1.29 is 18.9 Å². The number of nitro groups is 1. The largest absolute Gasteiger partial charge is 0.455 e. The van der Waals surface area contributed by atoms with Crippen LogP contribution in [-0.2, 0) is 11.3 Å². The summed E-state index contributed by atoms with van der Waals surface area (Å²) in [5.41, 5.74) is 10.3. The lowest BCUT2D eigenvalue weighted by atomic mass is 10.1. The van der Waals surface area contributed by atoms with Crippen molar-refractivity contribution in [2.24, 2.45) is 10.2 Å². The van der Waals surface area contributed by atoms with Crippen molar-refractivity contribution in [1.29, 1.82) is 0 Å². The molecule has 0 bridgehead atoms. The molecule has 170 valence electrons. The number of imide groups is 1. The minimum atomic E-state index is -0.590. The first-order chi connectivity index (χ1) is 16.3. The second-order valence-electron chi connectivity index (χ2n) is 7.08. The van der Waals surface area contributed by atoms with E-state index in [9.17, 15) is 19.7 Å². The van der Waals surface area contributed by atoms with Gasteiger partial charge in [-0.3, -0.25) is 19.8 Å². The molecule has 1 fully saturated rings. The number of benzene rings is 2. The minimum Gasteiger partial charge on any atom is -0.455 e. The summed E-state index contributed by atoms with van der Waals surface area (Å²) >= 11 is 2.06. The zero-order valence-electron chi connectivity index (χ0n) is 17.2. The molecule has 1 aliphatic rings. The van der Waals surface area contributed by atoms with Gasteiger partial charge in [0.15, 0.2) is 0 Å². The van der Waals surface area contributed by atoms with Crippen LogP contribution in [-0.4, -0.2) is 39.5 Å². The van der Waals surface area contributed by atoms with Crippen LogP contribution in [0.2, 0.25) is 0 Å². The number of rotatable bonds is 7. The molecule has 1 aliphatic heterocycles. The van der Waals surface area contributed by atoms with Gasteiger partial charge in [0.05, 0.1) is 17.7 Å². The quantitative estimate of drug-likeness (QED) is 0.0557. The molecule has 2 heterocycles. The summed E-state index contributed by atoms with van der Waals surface area (Å²) in [5, 5.41) is 19.4. The maximum atomic E-state index is 12.7. The first-order valence-electron chi connectivity index (χ1n) is 9.69. The van der Waals surface area contributed by atoms with Crippen LogP contribution in [0.1, 0.15) is 11.3 Å². The van der Waals surface area contributed by atoms with Gasteiger partial charge in [-0.2, -0.15) is 5.10 Å². The zero-order valence-corrected chi connectivity index (χ0v) is 19.4. The lowest BCUT2D eigenvalue weighted by Crippen LogP contribution is -2.30. The molecular formula is C21H14IN7O5. The summed E-state index contributed by atoms with van der Waals surface area (Å²) in [5.74, 6) is 0.386. The molecule has 0 spiro atoms. The van der Waals surface area contributed by atoms with Crippen LogP contribution in [0.15, 0.2) is 69.2 Å². The molecule has 0 atom stereocenters. The Balaban J connectivity index is 1.45. The van der Waals surface area contributed by atoms with Gasteiger partial charge in [0.2, 0.25) is 0 Å². The van der Waals surface area contributed by atoms with Gasteiger partial charge < -0.3 is 4.42 Å². The van der Waals surface area contributed by atoms with Gasteiger partial charge >= 0.3 is 6.03 Å². The van der Waals surface area contributed by atoms with Gasteiger partial charge in [-0.1, -0.05) is 5.11 Å². The summed E-state index contributed by atoms with van der Waals surface area (Å²) in [6, 6.07) is 13.7. The Morgan fingerprint density at radius 2 is 1.94 bits per heavy atom. The first-order valence-corrected chi connectivity index (χ1v) is 10.8. The first kappa shape index (κ1) is 22.9. The number of furan rings is 1. The molecule has 13 heteroatoms. The monoisotopic (exact) mass is 571 g/mol. The SMILES string of the molecule is [N-]=[N+]=Nc1cc(I)cc(CN2C(=O)CN(/N=C/c3ccc(-c4ccc([N+](=O)[O-])cc4)o3)C2=O)c1. The number of hydrogen-bond donors (Lipinski definition) is 0. The molecule has 34 heavy (non-hydrogen) atoms. The molecule has 1 saturated heterocycles. The third-order valence-corrected chi connectivity index (χ3v) is 5.42. The van der Waals surface area contributed by atoms with Crippen molar-refractivity contribution in [3.63, 3.8) is 0 Å². The lowest BCUT2D eigenvalue weighted by molar-refractivity contribution is -0.384. The average molecular weight is 571 g/mol. The Morgan fingerprint density at radius 3 is 2.65 bits per heavy atom. The molecule has 2 aromatic carbocycles. The van der Waals surface area contributed by atoms with E-state index in [0.29, 0.717) is 28.3 Å². The number of nitrogens with zero attached hydrogens (tertiary/aromatic N) is 7. The number of azide groups is 1. The summed E-state index contributed by atoms with van der Waals surface area (Å²) in [7, 11) is 0. The standard InChI is InChI=1S/C21H14IN7O5/c22-15-7-13(8-16(9-15)25-26-23)11-27-20(30)12-28(21(27)31)24-10-18-5-6-19(34-18)14-1-3-17(4-2-14)29(32)33/h1-10H,11-12H2/b24-10+. The highest BCUT2D eigenvalue weighted by Gasteiger charge is 2.36. The molecule has 0 N–H and O–H groups in total. The van der Waals surface area contributed by atoms with Crippen LogP contribution in [0.25, 0.3) is 21.8 Å². The highest BCUT2D eigenvalue weighted by Crippen LogP contribution is 2.25. The number of hydrogen-bond acceptors (Lipinski definition) is 7. The van der Waals surface area contributed by atoms with E-state index in [0.717, 1.165) is 13.5 Å². The van der Waals surface area contributed by atoms with E-state index in [1.165, 1.54) is 18.3 Å². The number of halogens is 1.